The van der Waals surface area contributed by atoms with Crippen LogP contribution in [0.5, 0.6) is 0 Å². The van der Waals surface area contributed by atoms with Gasteiger partial charge >= 0.3 is 0 Å². The number of nitro groups is 1. The molecule has 0 spiro atoms. The molecule has 34 heavy (non-hydrogen) atoms. The minimum Gasteiger partial charge on any atom is -0.366 e. The number of halogens is 1. The maximum Gasteiger partial charge on any atom is 0.271 e. The fourth-order valence-electron chi connectivity index (χ4n) is 4.89. The topological polar surface area (TPSA) is 103 Å². The number of hydrogen-bond acceptors (Lipinski definition) is 7. The van der Waals surface area contributed by atoms with Crippen LogP contribution < -0.4 is 4.90 Å². The zero-order valence-electron chi connectivity index (χ0n) is 19.2. The predicted octanol–water partition coefficient (Wildman–Crippen LogP) is 4.51. The number of likely N-dealkylation sites (N-methyl/N-ethyl adjacent to an activating group) is 1. The van der Waals surface area contributed by atoms with E-state index in [-0.39, 0.29) is 11.6 Å². The number of nitro benzene ring substituents is 1. The first-order valence-electron chi connectivity index (χ1n) is 11.6. The lowest BCUT2D eigenvalue weighted by molar-refractivity contribution is -0.939. The van der Waals surface area contributed by atoms with Gasteiger partial charge in [-0.3, -0.25) is 15.0 Å². The largest absolute Gasteiger partial charge is 0.366 e. The van der Waals surface area contributed by atoms with E-state index in [2.05, 4.69) is 36.9 Å². The lowest BCUT2D eigenvalue weighted by atomic mass is 10.1. The smallest absolute Gasteiger partial charge is 0.271 e. The molecule has 0 atom stereocenters. The first-order chi connectivity index (χ1) is 16.4. The van der Waals surface area contributed by atoms with Crippen molar-refractivity contribution < 1.29 is 9.41 Å². The van der Waals surface area contributed by atoms with Crippen LogP contribution in [0.15, 0.2) is 46.6 Å². The van der Waals surface area contributed by atoms with Crippen LogP contribution >= 0.6 is 11.6 Å². The molecule has 1 aromatic heterocycles. The molecular weight excluding hydrogens is 456 g/mol. The highest BCUT2D eigenvalue weighted by Crippen LogP contribution is 2.31. The molecule has 6 rings (SSSR count). The zero-order chi connectivity index (χ0) is 23.7. The third-order valence-electron chi connectivity index (χ3n) is 7.11. The highest BCUT2D eigenvalue weighted by Gasteiger charge is 2.38. The fourth-order valence-corrected chi connectivity index (χ4v) is 5.10. The first kappa shape index (κ1) is 22.7. The summed E-state index contributed by atoms with van der Waals surface area (Å²) in [5.74, 6) is 0.265. The molecule has 4 heterocycles. The van der Waals surface area contributed by atoms with E-state index in [9.17, 15) is 10.1 Å². The Labute approximate surface area is 202 Å². The fraction of sp³-hybridized carbons (Fsp3) is 0.435. The van der Waals surface area contributed by atoms with Gasteiger partial charge in [-0.2, -0.15) is 0 Å². The number of H-pyrrole nitrogens is 1. The molecule has 0 saturated carbocycles. The summed E-state index contributed by atoms with van der Waals surface area (Å²) in [5.41, 5.74) is 2.72. The zero-order valence-corrected chi connectivity index (χ0v) is 19.9. The molecule has 0 amide bonds. The van der Waals surface area contributed by atoms with E-state index >= 15 is 0 Å². The minimum absolute atomic E-state index is 0.0195. The highest BCUT2D eigenvalue weighted by atomic mass is 35.5. The summed E-state index contributed by atoms with van der Waals surface area (Å²) in [7, 11) is 0. The molecule has 3 aromatic rings. The molecule has 0 aliphatic carbocycles. The Bertz CT molecular complexity index is 1220. The molecule has 3 fully saturated rings. The van der Waals surface area contributed by atoms with Gasteiger partial charge in [-0.15, -0.1) is 10.2 Å². The van der Waals surface area contributed by atoms with Gasteiger partial charge in [0.1, 0.15) is 5.69 Å². The summed E-state index contributed by atoms with van der Waals surface area (Å²) in [5, 5.41) is 19.9. The van der Waals surface area contributed by atoms with Gasteiger partial charge in [0.2, 0.25) is 5.95 Å². The summed E-state index contributed by atoms with van der Waals surface area (Å²) in [6.07, 6.45) is 0. The number of rotatable bonds is 8. The van der Waals surface area contributed by atoms with Crippen molar-refractivity contribution in [1.82, 2.24) is 14.9 Å². The van der Waals surface area contributed by atoms with Gasteiger partial charge in [0.15, 0.2) is 0 Å². The number of nitrogens with zero attached hydrogens (tertiary/aromatic N) is 7. The van der Waals surface area contributed by atoms with Crippen molar-refractivity contribution in [2.45, 2.75) is 6.92 Å². The van der Waals surface area contributed by atoms with Crippen molar-refractivity contribution in [2.24, 2.45) is 10.2 Å². The Morgan fingerprint density at radius 3 is 2.62 bits per heavy atom. The Balaban J connectivity index is 1.27. The second-order valence-corrected chi connectivity index (χ2v) is 9.42. The van der Waals surface area contributed by atoms with Crippen molar-refractivity contribution in [3.63, 3.8) is 0 Å². The summed E-state index contributed by atoms with van der Waals surface area (Å²) < 4.78 is 1.23. The van der Waals surface area contributed by atoms with E-state index in [0.717, 1.165) is 25.3 Å². The van der Waals surface area contributed by atoms with E-state index in [1.54, 1.807) is 6.07 Å². The van der Waals surface area contributed by atoms with Gasteiger partial charge in [0.05, 0.1) is 53.7 Å². The molecular formula is C23H28ClN8O2+. The Morgan fingerprint density at radius 1 is 1.18 bits per heavy atom. The number of piperazine rings is 3. The van der Waals surface area contributed by atoms with Crippen molar-refractivity contribution in [3.05, 3.63) is 51.5 Å². The third kappa shape index (κ3) is 4.61. The van der Waals surface area contributed by atoms with Gasteiger partial charge in [0.25, 0.3) is 5.69 Å². The van der Waals surface area contributed by atoms with Crippen molar-refractivity contribution in [2.75, 3.05) is 63.8 Å². The van der Waals surface area contributed by atoms with E-state index in [4.69, 9.17) is 11.6 Å². The van der Waals surface area contributed by atoms with Crippen LogP contribution in [0.3, 0.4) is 0 Å². The number of benzene rings is 2. The average molecular weight is 484 g/mol. The van der Waals surface area contributed by atoms with Crippen LogP contribution in [-0.4, -0.2) is 83.2 Å². The molecule has 10 nitrogen and oxygen atoms in total. The molecule has 178 valence electrons. The lowest BCUT2D eigenvalue weighted by Crippen LogP contribution is -2.68. The van der Waals surface area contributed by atoms with Crippen molar-refractivity contribution in [1.29, 1.82) is 0 Å². The van der Waals surface area contributed by atoms with Gasteiger partial charge in [-0.25, -0.2) is 4.98 Å². The lowest BCUT2D eigenvalue weighted by Gasteiger charge is -2.51. The van der Waals surface area contributed by atoms with Crippen molar-refractivity contribution >= 4 is 45.6 Å². The minimum atomic E-state index is -0.452. The number of azo groups is 1. The van der Waals surface area contributed by atoms with Crippen LogP contribution in [0.25, 0.3) is 11.0 Å². The van der Waals surface area contributed by atoms with Gasteiger partial charge in [-0.05, 0) is 31.2 Å². The van der Waals surface area contributed by atoms with Crippen molar-refractivity contribution in [3.8, 4) is 0 Å². The van der Waals surface area contributed by atoms with Gasteiger partial charge in [0, 0.05) is 44.0 Å². The van der Waals surface area contributed by atoms with Crippen LogP contribution in [0, 0.1) is 10.1 Å². The molecule has 3 aliphatic rings. The molecule has 0 radical (unpaired) electrons. The Hall–Kier alpha value is -3.08. The van der Waals surface area contributed by atoms with Crippen LogP contribution in [0.4, 0.5) is 23.0 Å². The number of imidazole rings is 1. The number of fused-ring (bicyclic) bond motifs is 4. The standard InChI is InChI=1S/C23H28ClN8O2/c1-2-30(10-14-32-11-7-29(8-12-32)9-13-32)17-3-5-20(19(24)15-17)27-28-23-25-21-6-4-18(31(33)34)16-22(21)26-23/h3-6,15-16H,2,7-14H2,1H3,(H,25,26)/q+1/b28-27+. The number of anilines is 1. The number of non-ortho nitro benzene ring substituents is 1. The summed E-state index contributed by atoms with van der Waals surface area (Å²) >= 11 is 6.55. The number of nitrogens with one attached hydrogen (secondary N) is 1. The predicted molar refractivity (Wildman–Crippen MR) is 132 cm³/mol. The first-order valence-corrected chi connectivity index (χ1v) is 12.0. The molecule has 1 N–H and O–H groups in total. The highest BCUT2D eigenvalue weighted by molar-refractivity contribution is 6.33. The molecule has 3 saturated heterocycles. The normalized spacial score (nSPS) is 22.0. The number of quaternary nitrogens is 1. The van der Waals surface area contributed by atoms with E-state index in [1.807, 2.05) is 18.2 Å². The third-order valence-corrected chi connectivity index (χ3v) is 7.41. The number of aromatic nitrogens is 2. The molecule has 2 aromatic carbocycles. The van der Waals surface area contributed by atoms with E-state index < -0.39 is 4.92 Å². The maximum absolute atomic E-state index is 11.0. The molecule has 0 unspecified atom stereocenters. The van der Waals surface area contributed by atoms with Crippen LogP contribution in [0.2, 0.25) is 5.02 Å². The second kappa shape index (κ2) is 9.28. The summed E-state index contributed by atoms with van der Waals surface area (Å²) in [6.45, 7) is 12.7. The summed E-state index contributed by atoms with van der Waals surface area (Å²) in [6, 6.07) is 10.3. The second-order valence-electron chi connectivity index (χ2n) is 9.01. The maximum atomic E-state index is 11.0. The van der Waals surface area contributed by atoms with Gasteiger partial charge < -0.3 is 14.4 Å². The number of aromatic amines is 1. The van der Waals surface area contributed by atoms with E-state index in [0.29, 0.717) is 21.7 Å². The van der Waals surface area contributed by atoms with E-state index in [1.165, 1.54) is 55.9 Å². The van der Waals surface area contributed by atoms with Crippen LogP contribution in [-0.2, 0) is 0 Å². The average Bonchev–Trinajstić information content (AvgIpc) is 3.27. The Kier molecular flexibility index (Phi) is 6.20. The Morgan fingerprint density at radius 2 is 1.94 bits per heavy atom. The van der Waals surface area contributed by atoms with Gasteiger partial charge in [-0.1, -0.05) is 11.6 Å². The quantitative estimate of drug-likeness (QED) is 0.220. The van der Waals surface area contributed by atoms with Crippen LogP contribution in [0.1, 0.15) is 6.92 Å². The monoisotopic (exact) mass is 483 g/mol. The summed E-state index contributed by atoms with van der Waals surface area (Å²) in [4.78, 5) is 22.7. The number of hydrogen-bond donors (Lipinski definition) is 1. The molecule has 11 heteroatoms. The SMILES string of the molecule is CCN(CC[N+]12CCN(CC1)CC2)c1ccc(/N=N/c2nc3cc([N+](=O)[O-])ccc3[nH]2)c(Cl)c1. The molecule has 3 aliphatic heterocycles. The molecule has 2 bridgehead atoms.